The first-order valence-electron chi connectivity index (χ1n) is 8.44. The van der Waals surface area contributed by atoms with Crippen molar-refractivity contribution in [2.24, 2.45) is 0 Å². The van der Waals surface area contributed by atoms with Crippen LogP contribution in [-0.4, -0.2) is 20.4 Å². The highest BCUT2D eigenvalue weighted by molar-refractivity contribution is 5.96. The van der Waals surface area contributed by atoms with Gasteiger partial charge in [0.1, 0.15) is 0 Å². The zero-order chi connectivity index (χ0) is 17.3. The molecule has 26 heavy (non-hydrogen) atoms. The van der Waals surface area contributed by atoms with Gasteiger partial charge in [0, 0.05) is 11.1 Å². The Bertz CT molecular complexity index is 1120. The summed E-state index contributed by atoms with van der Waals surface area (Å²) in [5, 5.41) is 21.9. The topological polar surface area (TPSA) is 51.6 Å². The molecule has 4 heteroatoms. The molecule has 0 aliphatic heterocycles. The first kappa shape index (κ1) is 14.7. The summed E-state index contributed by atoms with van der Waals surface area (Å²) in [5.41, 5.74) is 1.88. The minimum atomic E-state index is 0.533. The summed E-state index contributed by atoms with van der Waals surface area (Å²) >= 11 is 0. The van der Waals surface area contributed by atoms with Crippen molar-refractivity contribution in [3.05, 3.63) is 84.9 Å². The average Bonchev–Trinajstić information content (AvgIpc) is 2.73. The average molecular weight is 334 g/mol. The van der Waals surface area contributed by atoms with Gasteiger partial charge in [0.05, 0.1) is 0 Å². The van der Waals surface area contributed by atoms with Crippen molar-refractivity contribution in [2.75, 3.05) is 0 Å². The number of benzene rings is 4. The number of hydrogen-bond donors (Lipinski definition) is 0. The lowest BCUT2D eigenvalue weighted by atomic mass is 10.0. The molecular formula is C22H14N4. The zero-order valence-corrected chi connectivity index (χ0v) is 13.9. The van der Waals surface area contributed by atoms with Gasteiger partial charge >= 0.3 is 0 Å². The first-order valence-corrected chi connectivity index (χ1v) is 8.44. The van der Waals surface area contributed by atoms with Crippen LogP contribution in [0, 0.1) is 0 Å². The molecule has 4 aromatic carbocycles. The molecule has 0 unspecified atom stereocenters. The van der Waals surface area contributed by atoms with Crippen molar-refractivity contribution in [3.8, 4) is 22.8 Å². The van der Waals surface area contributed by atoms with Crippen LogP contribution in [0.1, 0.15) is 0 Å². The third kappa shape index (κ3) is 2.40. The molecule has 0 aliphatic rings. The number of rotatable bonds is 2. The van der Waals surface area contributed by atoms with E-state index in [9.17, 15) is 0 Å². The van der Waals surface area contributed by atoms with Crippen molar-refractivity contribution >= 4 is 21.5 Å². The van der Waals surface area contributed by atoms with Gasteiger partial charge in [0.25, 0.3) is 0 Å². The van der Waals surface area contributed by atoms with E-state index in [-0.39, 0.29) is 0 Å². The van der Waals surface area contributed by atoms with E-state index in [1.165, 1.54) is 0 Å². The monoisotopic (exact) mass is 334 g/mol. The van der Waals surface area contributed by atoms with Gasteiger partial charge in [0.15, 0.2) is 0 Å². The van der Waals surface area contributed by atoms with Crippen LogP contribution in [0.25, 0.3) is 44.3 Å². The highest BCUT2D eigenvalue weighted by Crippen LogP contribution is 2.27. The molecule has 1 heterocycles. The van der Waals surface area contributed by atoms with E-state index in [0.29, 0.717) is 11.6 Å². The molecule has 0 fully saturated rings. The molecule has 0 bridgehead atoms. The van der Waals surface area contributed by atoms with Crippen molar-refractivity contribution in [1.82, 2.24) is 20.4 Å². The highest BCUT2D eigenvalue weighted by atomic mass is 15.3. The molecule has 5 aromatic rings. The summed E-state index contributed by atoms with van der Waals surface area (Å²) in [4.78, 5) is 0. The molecule has 0 amide bonds. The first-order chi connectivity index (χ1) is 12.9. The lowest BCUT2D eigenvalue weighted by Gasteiger charge is -2.06. The Labute approximate surface area is 150 Å². The fourth-order valence-electron chi connectivity index (χ4n) is 3.29. The van der Waals surface area contributed by atoms with Crippen molar-refractivity contribution in [1.29, 1.82) is 0 Å². The Morgan fingerprint density at radius 2 is 0.769 bits per heavy atom. The summed E-state index contributed by atoms with van der Waals surface area (Å²) in [6.45, 7) is 0. The number of nitrogens with zero attached hydrogens (tertiary/aromatic N) is 4. The summed E-state index contributed by atoms with van der Waals surface area (Å²) < 4.78 is 0. The Morgan fingerprint density at radius 1 is 0.385 bits per heavy atom. The van der Waals surface area contributed by atoms with Crippen LogP contribution in [0.2, 0.25) is 0 Å². The molecule has 0 saturated carbocycles. The van der Waals surface area contributed by atoms with E-state index < -0.39 is 0 Å². The van der Waals surface area contributed by atoms with Gasteiger partial charge in [-0.3, -0.25) is 0 Å². The van der Waals surface area contributed by atoms with E-state index in [1.54, 1.807) is 0 Å². The minimum absolute atomic E-state index is 0.533. The molecule has 0 spiro atoms. The Hall–Kier alpha value is -3.66. The predicted molar refractivity (Wildman–Crippen MR) is 104 cm³/mol. The maximum absolute atomic E-state index is 4.36. The molecule has 122 valence electrons. The molecule has 0 N–H and O–H groups in total. The lowest BCUT2D eigenvalue weighted by molar-refractivity contribution is 0.878. The second-order valence-corrected chi connectivity index (χ2v) is 6.10. The molecule has 0 radical (unpaired) electrons. The second-order valence-electron chi connectivity index (χ2n) is 6.10. The molecule has 0 saturated heterocycles. The molecule has 1 aromatic heterocycles. The summed E-state index contributed by atoms with van der Waals surface area (Å²) in [5.74, 6) is 1.07. The Morgan fingerprint density at radius 3 is 1.23 bits per heavy atom. The summed E-state index contributed by atoms with van der Waals surface area (Å²) in [6, 6.07) is 28.5. The lowest BCUT2D eigenvalue weighted by Crippen LogP contribution is -2.00. The van der Waals surface area contributed by atoms with Crippen molar-refractivity contribution < 1.29 is 0 Å². The van der Waals surface area contributed by atoms with Crippen LogP contribution in [0.3, 0.4) is 0 Å². The van der Waals surface area contributed by atoms with E-state index in [1.807, 2.05) is 48.5 Å². The predicted octanol–water partition coefficient (Wildman–Crippen LogP) is 4.91. The van der Waals surface area contributed by atoms with Crippen LogP contribution in [-0.2, 0) is 0 Å². The van der Waals surface area contributed by atoms with Crippen LogP contribution < -0.4 is 0 Å². The smallest absolute Gasteiger partial charge is 0.126 e. The molecular weight excluding hydrogens is 320 g/mol. The largest absolute Gasteiger partial charge is 0.204 e. The van der Waals surface area contributed by atoms with E-state index >= 15 is 0 Å². The van der Waals surface area contributed by atoms with E-state index in [2.05, 4.69) is 56.8 Å². The van der Waals surface area contributed by atoms with Crippen LogP contribution in [0.15, 0.2) is 84.9 Å². The molecule has 4 nitrogen and oxygen atoms in total. The summed E-state index contributed by atoms with van der Waals surface area (Å²) in [7, 11) is 0. The van der Waals surface area contributed by atoms with Crippen LogP contribution in [0.5, 0.6) is 0 Å². The number of fused-ring (bicyclic) bond motifs is 2. The maximum atomic E-state index is 4.36. The fourth-order valence-corrected chi connectivity index (χ4v) is 3.29. The SMILES string of the molecule is c1ccc2c(-c3nnc(-c4cccc5ccccc45)nn3)cccc2c1. The van der Waals surface area contributed by atoms with Crippen LogP contribution in [0.4, 0.5) is 0 Å². The number of hydrogen-bond acceptors (Lipinski definition) is 4. The quantitative estimate of drug-likeness (QED) is 0.460. The van der Waals surface area contributed by atoms with Gasteiger partial charge in [-0.2, -0.15) is 0 Å². The minimum Gasteiger partial charge on any atom is -0.126 e. The van der Waals surface area contributed by atoms with Crippen LogP contribution >= 0.6 is 0 Å². The standard InChI is InChI=1S/C22H14N4/c1-3-11-17-15(7-1)9-5-13-19(17)21-23-25-22(26-24-21)20-14-6-10-16-8-2-4-12-18(16)20/h1-14H. The summed E-state index contributed by atoms with van der Waals surface area (Å²) in [6.07, 6.45) is 0. The Kier molecular flexibility index (Phi) is 3.39. The zero-order valence-electron chi connectivity index (χ0n) is 13.9. The maximum Gasteiger partial charge on any atom is 0.204 e. The third-order valence-electron chi connectivity index (χ3n) is 4.54. The van der Waals surface area contributed by atoms with Gasteiger partial charge < -0.3 is 0 Å². The molecule has 5 rings (SSSR count). The second kappa shape index (κ2) is 6.01. The van der Waals surface area contributed by atoms with Gasteiger partial charge in [-0.25, -0.2) is 0 Å². The fraction of sp³-hybridized carbons (Fsp3) is 0. The van der Waals surface area contributed by atoms with Gasteiger partial charge in [-0.15, -0.1) is 20.4 Å². The normalized spacial score (nSPS) is 11.1. The highest BCUT2D eigenvalue weighted by Gasteiger charge is 2.11. The molecule has 0 atom stereocenters. The van der Waals surface area contributed by atoms with E-state index in [4.69, 9.17) is 0 Å². The van der Waals surface area contributed by atoms with E-state index in [0.717, 1.165) is 32.7 Å². The number of aromatic nitrogens is 4. The van der Waals surface area contributed by atoms with Crippen molar-refractivity contribution in [3.63, 3.8) is 0 Å². The van der Waals surface area contributed by atoms with Gasteiger partial charge in [-0.05, 0) is 21.5 Å². The Balaban J connectivity index is 1.63. The molecule has 0 aliphatic carbocycles. The third-order valence-corrected chi connectivity index (χ3v) is 4.54. The van der Waals surface area contributed by atoms with Gasteiger partial charge in [0.2, 0.25) is 11.6 Å². The van der Waals surface area contributed by atoms with Crippen molar-refractivity contribution in [2.45, 2.75) is 0 Å². The van der Waals surface area contributed by atoms with Gasteiger partial charge in [-0.1, -0.05) is 84.9 Å².